The average molecular weight is 342 g/mol. The Morgan fingerprint density at radius 2 is 1.30 bits per heavy atom. The van der Waals surface area contributed by atoms with E-state index in [9.17, 15) is 4.57 Å². The minimum Gasteiger partial charge on any atom is -0.404 e. The molecular weight excluding hydrogens is 311 g/mol. The summed E-state index contributed by atoms with van der Waals surface area (Å²) in [5, 5.41) is 0. The molecule has 0 saturated carbocycles. The number of benzene rings is 1. The van der Waals surface area contributed by atoms with Gasteiger partial charge in [-0.05, 0) is 30.5 Å². The molecule has 1 aromatic rings. The largest absolute Gasteiger partial charge is 0.524 e. The van der Waals surface area contributed by atoms with Crippen LogP contribution in [0.15, 0.2) is 24.3 Å². The lowest BCUT2D eigenvalue weighted by Gasteiger charge is -2.07. The molecule has 4 nitrogen and oxygen atoms in total. The van der Waals surface area contributed by atoms with Crippen LogP contribution in [0, 0.1) is 0 Å². The summed E-state index contributed by atoms with van der Waals surface area (Å²) in [6, 6.07) is 6.98. The first-order valence-electron chi connectivity index (χ1n) is 8.85. The number of phosphoric acid groups is 1. The third-order valence-electron chi connectivity index (χ3n) is 3.97. The van der Waals surface area contributed by atoms with Crippen LogP contribution in [-0.2, 0) is 11.0 Å². The van der Waals surface area contributed by atoms with Gasteiger partial charge in [-0.15, -0.1) is 0 Å². The quantitative estimate of drug-likeness (QED) is 0.360. The van der Waals surface area contributed by atoms with E-state index < -0.39 is 7.82 Å². The van der Waals surface area contributed by atoms with Crippen molar-refractivity contribution in [2.75, 3.05) is 0 Å². The SMILES string of the molecule is CCCCCCCCCCCCc1ccc(OP(=O)(O)O)cc1. The molecule has 0 aliphatic rings. The fourth-order valence-corrected chi connectivity index (χ4v) is 3.07. The zero-order chi connectivity index (χ0) is 17.0. The summed E-state index contributed by atoms with van der Waals surface area (Å²) in [4.78, 5) is 17.5. The maximum atomic E-state index is 10.7. The maximum Gasteiger partial charge on any atom is 0.524 e. The molecule has 1 rings (SSSR count). The molecule has 2 N–H and O–H groups in total. The lowest BCUT2D eigenvalue weighted by molar-refractivity contribution is 0.283. The van der Waals surface area contributed by atoms with Gasteiger partial charge in [0.05, 0.1) is 0 Å². The summed E-state index contributed by atoms with van der Waals surface area (Å²) < 4.78 is 15.3. The molecule has 23 heavy (non-hydrogen) atoms. The van der Waals surface area contributed by atoms with E-state index in [4.69, 9.17) is 9.79 Å². The molecule has 0 unspecified atom stereocenters. The van der Waals surface area contributed by atoms with Crippen molar-refractivity contribution in [2.45, 2.75) is 77.6 Å². The second-order valence-electron chi connectivity index (χ2n) is 6.16. The van der Waals surface area contributed by atoms with Gasteiger partial charge in [0, 0.05) is 0 Å². The molecule has 0 amide bonds. The highest BCUT2D eigenvalue weighted by Gasteiger charge is 2.15. The van der Waals surface area contributed by atoms with Crippen LogP contribution >= 0.6 is 7.82 Å². The summed E-state index contributed by atoms with van der Waals surface area (Å²) in [5.74, 6) is 0.213. The minimum absolute atomic E-state index is 0.213. The van der Waals surface area contributed by atoms with Gasteiger partial charge in [0.25, 0.3) is 0 Å². The molecule has 0 aliphatic heterocycles. The third-order valence-corrected chi connectivity index (χ3v) is 4.42. The Labute approximate surface area is 140 Å². The van der Waals surface area contributed by atoms with Crippen LogP contribution in [0.1, 0.15) is 76.7 Å². The average Bonchev–Trinajstić information content (AvgIpc) is 2.49. The molecule has 0 aliphatic carbocycles. The van der Waals surface area contributed by atoms with Gasteiger partial charge in [-0.25, -0.2) is 4.57 Å². The number of phosphoric ester groups is 1. The molecule has 0 atom stereocenters. The number of rotatable bonds is 13. The van der Waals surface area contributed by atoms with Crippen LogP contribution in [0.4, 0.5) is 0 Å². The highest BCUT2D eigenvalue weighted by atomic mass is 31.2. The summed E-state index contributed by atoms with van der Waals surface area (Å²) >= 11 is 0. The monoisotopic (exact) mass is 342 g/mol. The molecule has 0 radical (unpaired) electrons. The third kappa shape index (κ3) is 11.4. The summed E-state index contributed by atoms with van der Waals surface area (Å²) in [6.07, 6.45) is 14.2. The smallest absolute Gasteiger partial charge is 0.404 e. The first kappa shape index (κ1) is 20.2. The first-order valence-corrected chi connectivity index (χ1v) is 10.4. The predicted molar refractivity (Wildman–Crippen MR) is 94.7 cm³/mol. The van der Waals surface area contributed by atoms with Gasteiger partial charge < -0.3 is 4.52 Å². The second-order valence-corrected chi connectivity index (χ2v) is 7.32. The summed E-state index contributed by atoms with van der Waals surface area (Å²) in [7, 11) is -4.45. The Hall–Kier alpha value is -0.830. The normalized spacial score (nSPS) is 11.6. The van der Waals surface area contributed by atoms with Crippen molar-refractivity contribution in [3.05, 3.63) is 29.8 Å². The van der Waals surface area contributed by atoms with Crippen molar-refractivity contribution in [3.8, 4) is 5.75 Å². The predicted octanol–water partition coefficient (Wildman–Crippen LogP) is 5.62. The first-order chi connectivity index (χ1) is 11.0. The number of unbranched alkanes of at least 4 members (excludes halogenated alkanes) is 9. The zero-order valence-corrected chi connectivity index (χ0v) is 15.1. The number of aryl methyl sites for hydroxylation is 1. The van der Waals surface area contributed by atoms with Crippen LogP contribution in [0.2, 0.25) is 0 Å². The van der Waals surface area contributed by atoms with Gasteiger partial charge in [-0.1, -0.05) is 76.8 Å². The highest BCUT2D eigenvalue weighted by molar-refractivity contribution is 7.46. The van der Waals surface area contributed by atoms with Crippen LogP contribution in [0.25, 0.3) is 0 Å². The van der Waals surface area contributed by atoms with E-state index in [1.54, 1.807) is 12.1 Å². The van der Waals surface area contributed by atoms with Crippen LogP contribution in [-0.4, -0.2) is 9.79 Å². The van der Waals surface area contributed by atoms with Crippen molar-refractivity contribution in [1.82, 2.24) is 0 Å². The Morgan fingerprint density at radius 3 is 1.78 bits per heavy atom. The van der Waals surface area contributed by atoms with Crippen molar-refractivity contribution in [2.24, 2.45) is 0 Å². The van der Waals surface area contributed by atoms with Crippen molar-refractivity contribution in [3.63, 3.8) is 0 Å². The van der Waals surface area contributed by atoms with Crippen molar-refractivity contribution in [1.29, 1.82) is 0 Å². The van der Waals surface area contributed by atoms with Gasteiger partial charge in [0.15, 0.2) is 0 Å². The van der Waals surface area contributed by atoms with E-state index in [2.05, 4.69) is 11.4 Å². The van der Waals surface area contributed by atoms with Crippen LogP contribution < -0.4 is 4.52 Å². The van der Waals surface area contributed by atoms with Crippen molar-refractivity contribution < 1.29 is 18.9 Å². The second kappa shape index (κ2) is 11.7. The van der Waals surface area contributed by atoms with E-state index in [1.165, 1.54) is 63.4 Å². The molecule has 0 saturated heterocycles. The van der Waals surface area contributed by atoms with E-state index in [0.29, 0.717) is 0 Å². The highest BCUT2D eigenvalue weighted by Crippen LogP contribution is 2.37. The van der Waals surface area contributed by atoms with E-state index in [1.807, 2.05) is 12.1 Å². The minimum atomic E-state index is -4.45. The number of hydrogen-bond donors (Lipinski definition) is 2. The Morgan fingerprint density at radius 1 is 0.826 bits per heavy atom. The molecule has 0 bridgehead atoms. The maximum absolute atomic E-state index is 10.7. The molecule has 1 aromatic carbocycles. The molecule has 0 heterocycles. The van der Waals surface area contributed by atoms with Gasteiger partial charge in [-0.3, -0.25) is 9.79 Å². The topological polar surface area (TPSA) is 66.8 Å². The lowest BCUT2D eigenvalue weighted by atomic mass is 10.0. The summed E-state index contributed by atoms with van der Waals surface area (Å²) in [6.45, 7) is 2.25. The molecule has 5 heteroatoms. The summed E-state index contributed by atoms with van der Waals surface area (Å²) in [5.41, 5.74) is 1.18. The molecular formula is C18H31O4P. The number of hydrogen-bond acceptors (Lipinski definition) is 2. The van der Waals surface area contributed by atoms with Gasteiger partial charge in [-0.2, -0.15) is 0 Å². The van der Waals surface area contributed by atoms with Crippen LogP contribution in [0.5, 0.6) is 5.75 Å². The lowest BCUT2D eigenvalue weighted by Crippen LogP contribution is -1.91. The van der Waals surface area contributed by atoms with Gasteiger partial charge in [0.1, 0.15) is 5.75 Å². The Balaban J connectivity index is 2.04. The Kier molecular flexibility index (Phi) is 10.3. The van der Waals surface area contributed by atoms with E-state index in [0.717, 1.165) is 12.8 Å². The van der Waals surface area contributed by atoms with E-state index >= 15 is 0 Å². The zero-order valence-electron chi connectivity index (χ0n) is 14.2. The molecule has 0 aromatic heterocycles. The van der Waals surface area contributed by atoms with E-state index in [-0.39, 0.29) is 5.75 Å². The fraction of sp³-hybridized carbons (Fsp3) is 0.667. The fourth-order valence-electron chi connectivity index (χ4n) is 2.67. The standard InChI is InChI=1S/C18H31O4P/c1-2-3-4-5-6-7-8-9-10-11-12-17-13-15-18(16-14-17)22-23(19,20)21/h13-16H,2-12H2,1H3,(H2,19,20,21). The van der Waals surface area contributed by atoms with Gasteiger partial charge in [0.2, 0.25) is 0 Å². The molecule has 0 spiro atoms. The molecule has 132 valence electrons. The van der Waals surface area contributed by atoms with Crippen LogP contribution in [0.3, 0.4) is 0 Å². The Bertz CT molecular complexity index is 453. The van der Waals surface area contributed by atoms with Crippen molar-refractivity contribution >= 4 is 7.82 Å². The molecule has 0 fully saturated rings. The van der Waals surface area contributed by atoms with Gasteiger partial charge >= 0.3 is 7.82 Å².